The molecule has 3 heterocycles. The highest BCUT2D eigenvalue weighted by atomic mass is 35.5. The van der Waals surface area contributed by atoms with Crippen LogP contribution < -0.4 is 4.90 Å². The van der Waals surface area contributed by atoms with Gasteiger partial charge in [-0.1, -0.05) is 11.6 Å². The average molecular weight is 325 g/mol. The molecule has 3 rings (SSSR count). The van der Waals surface area contributed by atoms with Crippen LogP contribution in [-0.2, 0) is 0 Å². The molecular weight excluding hydrogens is 304 g/mol. The molecule has 0 spiro atoms. The molecule has 2 bridgehead atoms. The molecule has 120 valence electrons. The van der Waals surface area contributed by atoms with Crippen LogP contribution in [0.5, 0.6) is 0 Å². The van der Waals surface area contributed by atoms with Crippen LogP contribution in [-0.4, -0.2) is 50.5 Å². The van der Waals surface area contributed by atoms with Gasteiger partial charge in [0, 0.05) is 24.2 Å². The van der Waals surface area contributed by atoms with E-state index < -0.39 is 6.09 Å². The maximum absolute atomic E-state index is 11.7. The molecule has 22 heavy (non-hydrogen) atoms. The predicted octanol–water partition coefficient (Wildman–Crippen LogP) is 3.02. The molecule has 2 atom stereocenters. The van der Waals surface area contributed by atoms with Gasteiger partial charge in [-0.25, -0.2) is 4.79 Å². The monoisotopic (exact) mass is 324 g/mol. The van der Waals surface area contributed by atoms with Crippen molar-refractivity contribution in [2.75, 3.05) is 11.9 Å². The van der Waals surface area contributed by atoms with Gasteiger partial charge in [0.15, 0.2) is 11.0 Å². The number of hydrogen-bond acceptors (Lipinski definition) is 4. The smallest absolute Gasteiger partial charge is 0.408 e. The van der Waals surface area contributed by atoms with Crippen LogP contribution in [0.2, 0.25) is 5.15 Å². The van der Waals surface area contributed by atoms with E-state index in [-0.39, 0.29) is 17.1 Å². The van der Waals surface area contributed by atoms with Crippen LogP contribution in [0.25, 0.3) is 0 Å². The molecule has 1 N–H and O–H groups in total. The van der Waals surface area contributed by atoms with E-state index in [0.29, 0.717) is 5.15 Å². The number of rotatable bonds is 2. The Labute approximate surface area is 135 Å². The number of anilines is 1. The van der Waals surface area contributed by atoms with Gasteiger partial charge in [0.25, 0.3) is 0 Å². The zero-order chi connectivity index (χ0) is 16.1. The van der Waals surface area contributed by atoms with E-state index in [0.717, 1.165) is 31.5 Å². The number of carboxylic acid groups (broad SMARTS) is 1. The van der Waals surface area contributed by atoms with Gasteiger partial charge < -0.3 is 10.0 Å². The minimum Gasteiger partial charge on any atom is -0.465 e. The fourth-order valence-corrected chi connectivity index (χ4v) is 4.41. The summed E-state index contributed by atoms with van der Waals surface area (Å²) in [6.07, 6.45) is 2.61. The zero-order valence-electron chi connectivity index (χ0n) is 13.1. The van der Waals surface area contributed by atoms with Crippen molar-refractivity contribution in [3.8, 4) is 0 Å². The molecule has 6 nitrogen and oxygen atoms in total. The molecule has 2 unspecified atom stereocenters. The maximum atomic E-state index is 11.7. The summed E-state index contributed by atoms with van der Waals surface area (Å²) in [5.74, 6) is 0.768. The number of nitrogens with zero attached hydrogens (tertiary/aromatic N) is 4. The Morgan fingerprint density at radius 1 is 1.32 bits per heavy atom. The largest absolute Gasteiger partial charge is 0.465 e. The molecule has 2 saturated heterocycles. The second-order valence-electron chi connectivity index (χ2n) is 7.00. The third-order valence-electron chi connectivity index (χ3n) is 5.35. The SMILES string of the molecule is CN(c1ccc(Cl)nn1)C1CC2(C)CCC(C)(C1)N2C(=O)O. The summed E-state index contributed by atoms with van der Waals surface area (Å²) in [4.78, 5) is 15.5. The lowest BCUT2D eigenvalue weighted by Gasteiger charge is -2.51. The van der Waals surface area contributed by atoms with Crippen molar-refractivity contribution >= 4 is 23.5 Å². The number of aromatic nitrogens is 2. The lowest BCUT2D eigenvalue weighted by Crippen LogP contribution is -2.62. The van der Waals surface area contributed by atoms with Gasteiger partial charge >= 0.3 is 6.09 Å². The van der Waals surface area contributed by atoms with Crippen LogP contribution in [0.3, 0.4) is 0 Å². The van der Waals surface area contributed by atoms with Gasteiger partial charge in [0.1, 0.15) is 0 Å². The molecule has 0 aromatic carbocycles. The maximum Gasteiger partial charge on any atom is 0.408 e. The molecular formula is C15H21ClN4O2. The van der Waals surface area contributed by atoms with Gasteiger partial charge in [0.05, 0.1) is 0 Å². The normalized spacial score (nSPS) is 33.8. The summed E-state index contributed by atoms with van der Waals surface area (Å²) in [6.45, 7) is 4.11. The molecule has 1 aromatic heterocycles. The Hall–Kier alpha value is -1.56. The minimum absolute atomic E-state index is 0.239. The van der Waals surface area contributed by atoms with E-state index in [4.69, 9.17) is 11.6 Å². The number of halogens is 1. The lowest BCUT2D eigenvalue weighted by molar-refractivity contribution is 0.0131. The van der Waals surface area contributed by atoms with Crippen LogP contribution in [0.4, 0.5) is 10.6 Å². The fraction of sp³-hybridized carbons (Fsp3) is 0.667. The fourth-order valence-electron chi connectivity index (χ4n) is 4.31. The molecule has 0 saturated carbocycles. The predicted molar refractivity (Wildman–Crippen MR) is 84.4 cm³/mol. The Morgan fingerprint density at radius 3 is 2.36 bits per heavy atom. The first-order chi connectivity index (χ1) is 10.3. The summed E-state index contributed by atoms with van der Waals surface area (Å²) in [7, 11) is 1.99. The first-order valence-corrected chi connectivity index (χ1v) is 7.88. The second kappa shape index (κ2) is 4.98. The number of hydrogen-bond donors (Lipinski definition) is 1. The molecule has 2 fully saturated rings. The van der Waals surface area contributed by atoms with Gasteiger partial charge in [0.2, 0.25) is 0 Å². The molecule has 1 aromatic rings. The molecule has 0 radical (unpaired) electrons. The van der Waals surface area contributed by atoms with Crippen molar-refractivity contribution in [2.45, 2.75) is 56.7 Å². The van der Waals surface area contributed by atoms with E-state index in [9.17, 15) is 9.90 Å². The van der Waals surface area contributed by atoms with Crippen LogP contribution in [0, 0.1) is 0 Å². The summed E-state index contributed by atoms with van der Waals surface area (Å²) in [5.41, 5.74) is -0.616. The lowest BCUT2D eigenvalue weighted by atomic mass is 9.82. The van der Waals surface area contributed by atoms with Crippen LogP contribution in [0.15, 0.2) is 12.1 Å². The Morgan fingerprint density at radius 2 is 1.91 bits per heavy atom. The highest BCUT2D eigenvalue weighted by Gasteiger charge is 2.58. The van der Waals surface area contributed by atoms with Crippen molar-refractivity contribution < 1.29 is 9.90 Å². The highest BCUT2D eigenvalue weighted by molar-refractivity contribution is 6.29. The minimum atomic E-state index is -0.810. The van der Waals surface area contributed by atoms with Crippen molar-refractivity contribution in [3.63, 3.8) is 0 Å². The van der Waals surface area contributed by atoms with Crippen molar-refractivity contribution in [3.05, 3.63) is 17.3 Å². The first kappa shape index (κ1) is 15.3. The van der Waals surface area contributed by atoms with Crippen molar-refractivity contribution in [1.29, 1.82) is 0 Å². The van der Waals surface area contributed by atoms with E-state index in [1.807, 2.05) is 13.1 Å². The van der Waals surface area contributed by atoms with E-state index >= 15 is 0 Å². The second-order valence-corrected chi connectivity index (χ2v) is 7.39. The summed E-state index contributed by atoms with van der Waals surface area (Å²) in [5, 5.41) is 18.0. The topological polar surface area (TPSA) is 69.6 Å². The standard InChI is InChI=1S/C15H21ClN4O2/c1-14-6-7-15(2,20(14)13(21)22)9-10(8-14)19(3)12-5-4-11(16)17-18-12/h4-5,10H,6-9H2,1-3H3,(H,21,22). The average Bonchev–Trinajstić information content (AvgIpc) is 2.61. The molecule has 2 aliphatic rings. The summed E-state index contributed by atoms with van der Waals surface area (Å²) < 4.78 is 0. The van der Waals surface area contributed by atoms with Gasteiger partial charge in [-0.15, -0.1) is 10.2 Å². The van der Waals surface area contributed by atoms with Gasteiger partial charge in [-0.2, -0.15) is 0 Å². The number of piperidine rings is 1. The summed E-state index contributed by atoms with van der Waals surface area (Å²) >= 11 is 5.79. The first-order valence-electron chi connectivity index (χ1n) is 7.51. The number of carbonyl (C=O) groups is 1. The Kier molecular flexibility index (Phi) is 3.47. The van der Waals surface area contributed by atoms with Crippen molar-refractivity contribution in [2.24, 2.45) is 0 Å². The van der Waals surface area contributed by atoms with E-state index in [1.165, 1.54) is 0 Å². The zero-order valence-corrected chi connectivity index (χ0v) is 13.8. The van der Waals surface area contributed by atoms with Crippen LogP contribution >= 0.6 is 11.6 Å². The Balaban J connectivity index is 1.87. The van der Waals surface area contributed by atoms with E-state index in [2.05, 4.69) is 28.9 Å². The Bertz CT molecular complexity index is 576. The third kappa shape index (κ3) is 2.29. The summed E-state index contributed by atoms with van der Waals surface area (Å²) in [6, 6.07) is 3.82. The molecule has 0 aliphatic carbocycles. The third-order valence-corrected chi connectivity index (χ3v) is 5.55. The van der Waals surface area contributed by atoms with Gasteiger partial charge in [-0.3, -0.25) is 4.90 Å². The molecule has 2 aliphatic heterocycles. The molecule has 7 heteroatoms. The number of fused-ring (bicyclic) bond motifs is 2. The number of amides is 1. The van der Waals surface area contributed by atoms with Gasteiger partial charge in [-0.05, 0) is 51.7 Å². The van der Waals surface area contributed by atoms with Crippen LogP contribution in [0.1, 0.15) is 39.5 Å². The highest BCUT2D eigenvalue weighted by Crippen LogP contribution is 2.51. The van der Waals surface area contributed by atoms with Crippen molar-refractivity contribution in [1.82, 2.24) is 15.1 Å². The molecule has 1 amide bonds. The van der Waals surface area contributed by atoms with E-state index in [1.54, 1.807) is 11.0 Å². The quantitative estimate of drug-likeness (QED) is 0.905.